The van der Waals surface area contributed by atoms with E-state index in [0.29, 0.717) is 12.4 Å². The molecule has 0 saturated heterocycles. The molecule has 0 amide bonds. The van der Waals surface area contributed by atoms with E-state index in [4.69, 9.17) is 9.47 Å². The van der Waals surface area contributed by atoms with Crippen LogP contribution in [0.2, 0.25) is 0 Å². The van der Waals surface area contributed by atoms with Crippen LogP contribution >= 0.6 is 0 Å². The van der Waals surface area contributed by atoms with E-state index in [1.165, 1.54) is 0 Å². The zero-order valence-corrected chi connectivity index (χ0v) is 10.1. The van der Waals surface area contributed by atoms with Crippen LogP contribution in [0, 0.1) is 0 Å². The SMILES string of the molecule is CCOC(=O)COc1cccc2cccnc12.O. The Balaban J connectivity index is 0.00000162. The normalized spacial score (nSPS) is 9.61. The van der Waals surface area contributed by atoms with Crippen LogP contribution in [0.15, 0.2) is 36.5 Å². The highest BCUT2D eigenvalue weighted by atomic mass is 16.6. The minimum Gasteiger partial charge on any atom is -0.480 e. The van der Waals surface area contributed by atoms with Gasteiger partial charge in [-0.25, -0.2) is 4.79 Å². The number of ether oxygens (including phenoxy) is 2. The molecule has 0 unspecified atom stereocenters. The first kappa shape index (κ1) is 13.9. The topological polar surface area (TPSA) is 79.9 Å². The largest absolute Gasteiger partial charge is 0.480 e. The molecule has 0 radical (unpaired) electrons. The Morgan fingerprint density at radius 1 is 1.28 bits per heavy atom. The smallest absolute Gasteiger partial charge is 0.344 e. The third-order valence-corrected chi connectivity index (χ3v) is 2.25. The predicted octanol–water partition coefficient (Wildman–Crippen LogP) is 1.35. The molecule has 0 atom stereocenters. The van der Waals surface area contributed by atoms with E-state index in [1.807, 2.05) is 24.3 Å². The van der Waals surface area contributed by atoms with Crippen LogP contribution in [0.4, 0.5) is 0 Å². The number of fused-ring (bicyclic) bond motifs is 1. The summed E-state index contributed by atoms with van der Waals surface area (Å²) in [4.78, 5) is 15.4. The third-order valence-electron chi connectivity index (χ3n) is 2.25. The van der Waals surface area contributed by atoms with E-state index in [0.717, 1.165) is 10.9 Å². The molecule has 5 nitrogen and oxygen atoms in total. The van der Waals surface area contributed by atoms with Gasteiger partial charge in [-0.2, -0.15) is 0 Å². The Labute approximate surface area is 105 Å². The lowest BCUT2D eigenvalue weighted by Crippen LogP contribution is -2.14. The molecule has 0 saturated carbocycles. The van der Waals surface area contributed by atoms with Crippen LogP contribution in [-0.4, -0.2) is 29.6 Å². The number of benzene rings is 1. The predicted molar refractivity (Wildman–Crippen MR) is 67.5 cm³/mol. The second-order valence-electron chi connectivity index (χ2n) is 3.42. The zero-order valence-electron chi connectivity index (χ0n) is 10.1. The summed E-state index contributed by atoms with van der Waals surface area (Å²) < 4.78 is 10.2. The van der Waals surface area contributed by atoms with Crippen LogP contribution in [0.1, 0.15) is 6.92 Å². The highest BCUT2D eigenvalue weighted by molar-refractivity contribution is 5.84. The van der Waals surface area contributed by atoms with Gasteiger partial charge < -0.3 is 14.9 Å². The Morgan fingerprint density at radius 2 is 2.06 bits per heavy atom. The molecule has 5 heteroatoms. The van der Waals surface area contributed by atoms with Gasteiger partial charge >= 0.3 is 5.97 Å². The van der Waals surface area contributed by atoms with Crippen LogP contribution in [0.3, 0.4) is 0 Å². The molecule has 1 aromatic carbocycles. The summed E-state index contributed by atoms with van der Waals surface area (Å²) in [5.41, 5.74) is 0.749. The number of carbonyl (C=O) groups is 1. The summed E-state index contributed by atoms with van der Waals surface area (Å²) in [6, 6.07) is 9.40. The molecule has 0 aliphatic carbocycles. The van der Waals surface area contributed by atoms with Crippen LogP contribution in [0.25, 0.3) is 10.9 Å². The van der Waals surface area contributed by atoms with E-state index < -0.39 is 0 Å². The van der Waals surface area contributed by atoms with Crippen molar-refractivity contribution in [2.24, 2.45) is 0 Å². The summed E-state index contributed by atoms with van der Waals surface area (Å²) in [6.07, 6.45) is 1.69. The van der Waals surface area contributed by atoms with Crippen LogP contribution in [0.5, 0.6) is 5.75 Å². The van der Waals surface area contributed by atoms with Gasteiger partial charge in [0.25, 0.3) is 0 Å². The standard InChI is InChI=1S/C13H13NO3.H2O/c1-2-16-12(15)9-17-11-7-3-5-10-6-4-8-14-13(10)11;/h3-8H,2,9H2,1H3;1H2. The number of carbonyl (C=O) groups excluding carboxylic acids is 1. The van der Waals surface area contributed by atoms with E-state index in [2.05, 4.69) is 4.98 Å². The second kappa shape index (κ2) is 6.56. The highest BCUT2D eigenvalue weighted by Gasteiger charge is 2.06. The minimum atomic E-state index is -0.375. The quantitative estimate of drug-likeness (QED) is 0.766. The fraction of sp³-hybridized carbons (Fsp3) is 0.231. The van der Waals surface area contributed by atoms with E-state index >= 15 is 0 Å². The van der Waals surface area contributed by atoms with Crippen molar-refractivity contribution >= 4 is 16.9 Å². The summed E-state index contributed by atoms with van der Waals surface area (Å²) in [5, 5.41) is 0.980. The summed E-state index contributed by atoms with van der Waals surface area (Å²) >= 11 is 0. The maximum Gasteiger partial charge on any atom is 0.344 e. The first-order valence-corrected chi connectivity index (χ1v) is 5.43. The molecule has 1 heterocycles. The van der Waals surface area contributed by atoms with Gasteiger partial charge in [-0.15, -0.1) is 0 Å². The van der Waals surface area contributed by atoms with Crippen molar-refractivity contribution in [1.29, 1.82) is 0 Å². The van der Waals surface area contributed by atoms with Crippen LogP contribution < -0.4 is 4.74 Å². The van der Waals surface area contributed by atoms with Gasteiger partial charge in [-0.05, 0) is 19.1 Å². The molecule has 0 aliphatic heterocycles. The van der Waals surface area contributed by atoms with Gasteiger partial charge in [0.2, 0.25) is 0 Å². The maximum absolute atomic E-state index is 11.2. The van der Waals surface area contributed by atoms with Gasteiger partial charge in [0.15, 0.2) is 6.61 Å². The first-order valence-electron chi connectivity index (χ1n) is 5.43. The number of hydrogen-bond donors (Lipinski definition) is 0. The first-order chi connectivity index (χ1) is 8.31. The van der Waals surface area contributed by atoms with Crippen molar-refractivity contribution in [3.63, 3.8) is 0 Å². The molecule has 0 spiro atoms. The summed E-state index contributed by atoms with van der Waals surface area (Å²) in [5.74, 6) is 0.219. The molecular weight excluding hydrogens is 234 g/mol. The van der Waals surface area contributed by atoms with Gasteiger partial charge in [0, 0.05) is 11.6 Å². The van der Waals surface area contributed by atoms with Crippen LogP contribution in [-0.2, 0) is 9.53 Å². The molecule has 2 aromatic rings. The fourth-order valence-electron chi connectivity index (χ4n) is 1.53. The number of para-hydroxylation sites is 1. The molecule has 0 aliphatic rings. The monoisotopic (exact) mass is 249 g/mol. The Bertz CT molecular complexity index is 522. The van der Waals surface area contributed by atoms with Crippen molar-refractivity contribution in [2.75, 3.05) is 13.2 Å². The fourth-order valence-corrected chi connectivity index (χ4v) is 1.53. The lowest BCUT2D eigenvalue weighted by Gasteiger charge is -2.07. The molecule has 18 heavy (non-hydrogen) atoms. The van der Waals surface area contributed by atoms with E-state index in [1.54, 1.807) is 19.2 Å². The molecule has 2 rings (SSSR count). The lowest BCUT2D eigenvalue weighted by molar-refractivity contribution is -0.145. The number of rotatable bonds is 4. The number of aromatic nitrogens is 1. The highest BCUT2D eigenvalue weighted by Crippen LogP contribution is 2.22. The molecule has 2 N–H and O–H groups in total. The number of nitrogens with zero attached hydrogens (tertiary/aromatic N) is 1. The average Bonchev–Trinajstić information content (AvgIpc) is 2.36. The van der Waals surface area contributed by atoms with E-state index in [-0.39, 0.29) is 18.1 Å². The molecule has 1 aromatic heterocycles. The summed E-state index contributed by atoms with van der Waals surface area (Å²) in [7, 11) is 0. The van der Waals surface area contributed by atoms with E-state index in [9.17, 15) is 4.79 Å². The Hall–Kier alpha value is -2.14. The van der Waals surface area contributed by atoms with Gasteiger partial charge in [-0.3, -0.25) is 4.98 Å². The average molecular weight is 249 g/mol. The number of esters is 1. The maximum atomic E-state index is 11.2. The second-order valence-corrected chi connectivity index (χ2v) is 3.42. The molecule has 0 fully saturated rings. The Kier molecular flexibility index (Phi) is 5.07. The van der Waals surface area contributed by atoms with Gasteiger partial charge in [0.1, 0.15) is 11.3 Å². The molecule has 96 valence electrons. The zero-order chi connectivity index (χ0) is 12.1. The number of hydrogen-bond acceptors (Lipinski definition) is 4. The van der Waals surface area contributed by atoms with Crippen molar-refractivity contribution in [1.82, 2.24) is 4.98 Å². The third kappa shape index (κ3) is 3.18. The molecular formula is C13H15NO4. The van der Waals surface area contributed by atoms with Crippen molar-refractivity contribution in [3.8, 4) is 5.75 Å². The minimum absolute atomic E-state index is 0. The van der Waals surface area contributed by atoms with Gasteiger partial charge in [0.05, 0.1) is 6.61 Å². The lowest BCUT2D eigenvalue weighted by atomic mass is 10.2. The summed E-state index contributed by atoms with van der Waals surface area (Å²) in [6.45, 7) is 2.02. The molecule has 0 bridgehead atoms. The Morgan fingerprint density at radius 3 is 2.83 bits per heavy atom. The van der Waals surface area contributed by atoms with Crippen molar-refractivity contribution in [2.45, 2.75) is 6.92 Å². The number of pyridine rings is 1. The van der Waals surface area contributed by atoms with Gasteiger partial charge in [-0.1, -0.05) is 18.2 Å². The van der Waals surface area contributed by atoms with Crippen molar-refractivity contribution in [3.05, 3.63) is 36.5 Å². The van der Waals surface area contributed by atoms with Crippen molar-refractivity contribution < 1.29 is 19.7 Å².